The topological polar surface area (TPSA) is 60.8 Å². The molecule has 1 heterocycles. The van der Waals surface area contributed by atoms with Crippen molar-refractivity contribution in [3.63, 3.8) is 0 Å². The van der Waals surface area contributed by atoms with E-state index in [9.17, 15) is 9.90 Å². The first-order chi connectivity index (χ1) is 8.29. The van der Waals surface area contributed by atoms with Crippen LogP contribution in [0, 0.1) is 0 Å². The summed E-state index contributed by atoms with van der Waals surface area (Å²) in [6, 6.07) is 5.94. The van der Waals surface area contributed by atoms with Gasteiger partial charge in [0, 0.05) is 6.54 Å². The van der Waals surface area contributed by atoms with Crippen LogP contribution in [0.2, 0.25) is 0 Å². The molecule has 18 heavy (non-hydrogen) atoms. The maximum absolute atomic E-state index is 11.0. The second-order valence-corrected chi connectivity index (χ2v) is 5.84. The van der Waals surface area contributed by atoms with Gasteiger partial charge in [0.1, 0.15) is 0 Å². The Bertz CT molecular complexity index is 476. The Morgan fingerprint density at radius 2 is 2.06 bits per heavy atom. The molecule has 0 saturated heterocycles. The molecular formula is C14H19NO3. The lowest BCUT2D eigenvalue weighted by atomic mass is 9.84. The molecule has 98 valence electrons. The molecule has 0 saturated carbocycles. The normalized spacial score (nSPS) is 19.6. The minimum absolute atomic E-state index is 0.0193. The summed E-state index contributed by atoms with van der Waals surface area (Å²) in [6.45, 7) is 6.84. The van der Waals surface area contributed by atoms with Gasteiger partial charge in [-0.25, -0.2) is 4.79 Å². The largest absolute Gasteiger partial charge is 0.465 e. The first-order valence-electron chi connectivity index (χ1n) is 6.08. The van der Waals surface area contributed by atoms with Gasteiger partial charge >= 0.3 is 6.09 Å². The summed E-state index contributed by atoms with van der Waals surface area (Å²) in [7, 11) is 0. The van der Waals surface area contributed by atoms with E-state index < -0.39 is 12.2 Å². The van der Waals surface area contributed by atoms with Crippen molar-refractivity contribution in [1.82, 2.24) is 4.90 Å². The highest BCUT2D eigenvalue weighted by molar-refractivity contribution is 5.65. The molecule has 4 nitrogen and oxygen atoms in total. The average molecular weight is 249 g/mol. The van der Waals surface area contributed by atoms with Gasteiger partial charge in [0.2, 0.25) is 0 Å². The van der Waals surface area contributed by atoms with Crippen molar-refractivity contribution in [3.8, 4) is 0 Å². The van der Waals surface area contributed by atoms with Gasteiger partial charge in [0.15, 0.2) is 0 Å². The lowest BCUT2D eigenvalue weighted by Crippen LogP contribution is -2.37. The van der Waals surface area contributed by atoms with Crippen LogP contribution in [0.4, 0.5) is 4.79 Å². The zero-order valence-electron chi connectivity index (χ0n) is 11.0. The third-order valence-electron chi connectivity index (χ3n) is 3.39. The molecule has 1 aromatic carbocycles. The Hall–Kier alpha value is -1.55. The van der Waals surface area contributed by atoms with Gasteiger partial charge in [-0.05, 0) is 22.1 Å². The highest BCUT2D eigenvalue weighted by Gasteiger charge is 2.27. The van der Waals surface area contributed by atoms with E-state index in [0.717, 1.165) is 16.7 Å². The molecule has 1 aliphatic rings. The number of benzene rings is 1. The number of β-amino-alcohol motifs (C(OH)–C–C–N with tert-alkyl or cyclic N) is 1. The monoisotopic (exact) mass is 249 g/mol. The lowest BCUT2D eigenvalue weighted by Gasteiger charge is -2.31. The van der Waals surface area contributed by atoms with E-state index in [-0.39, 0.29) is 12.0 Å². The van der Waals surface area contributed by atoms with Crippen molar-refractivity contribution in [3.05, 3.63) is 34.9 Å². The van der Waals surface area contributed by atoms with Crippen molar-refractivity contribution in [2.75, 3.05) is 6.54 Å². The fourth-order valence-corrected chi connectivity index (χ4v) is 2.26. The third kappa shape index (κ3) is 2.34. The Morgan fingerprint density at radius 1 is 1.39 bits per heavy atom. The van der Waals surface area contributed by atoms with Crippen LogP contribution in [-0.2, 0) is 12.0 Å². The van der Waals surface area contributed by atoms with Gasteiger partial charge in [0.05, 0.1) is 12.6 Å². The van der Waals surface area contributed by atoms with E-state index in [0.29, 0.717) is 6.54 Å². The van der Waals surface area contributed by atoms with Crippen molar-refractivity contribution >= 4 is 6.09 Å². The number of amides is 1. The minimum Gasteiger partial charge on any atom is -0.465 e. The molecule has 0 radical (unpaired) electrons. The number of aliphatic hydroxyl groups excluding tert-OH is 1. The van der Waals surface area contributed by atoms with E-state index in [1.54, 1.807) is 0 Å². The minimum atomic E-state index is -0.985. The summed E-state index contributed by atoms with van der Waals surface area (Å²) in [5.41, 5.74) is 2.93. The van der Waals surface area contributed by atoms with Gasteiger partial charge in [-0.2, -0.15) is 0 Å². The molecule has 0 aromatic heterocycles. The molecule has 2 N–H and O–H groups in total. The Labute approximate surface area is 107 Å². The van der Waals surface area contributed by atoms with Crippen LogP contribution in [0.1, 0.15) is 43.6 Å². The fourth-order valence-electron chi connectivity index (χ4n) is 2.26. The summed E-state index contributed by atoms with van der Waals surface area (Å²) in [5, 5.41) is 19.0. The van der Waals surface area contributed by atoms with Gasteiger partial charge < -0.3 is 15.1 Å². The van der Waals surface area contributed by atoms with Crippen LogP contribution in [0.3, 0.4) is 0 Å². The number of carboxylic acid groups (broad SMARTS) is 1. The zero-order valence-corrected chi connectivity index (χ0v) is 11.0. The summed E-state index contributed by atoms with van der Waals surface area (Å²) < 4.78 is 0. The standard InChI is InChI=1S/C14H19NO3/c1-14(2,3)10-4-5-11-9(6-10)7-15(13(17)18)8-12(11)16/h4-6,12,16H,7-8H2,1-3H3,(H,17,18). The summed E-state index contributed by atoms with van der Waals surface area (Å²) in [4.78, 5) is 12.3. The van der Waals surface area contributed by atoms with E-state index in [1.165, 1.54) is 4.90 Å². The molecule has 0 spiro atoms. The molecule has 1 unspecified atom stereocenters. The van der Waals surface area contributed by atoms with E-state index in [4.69, 9.17) is 5.11 Å². The third-order valence-corrected chi connectivity index (χ3v) is 3.39. The number of aliphatic hydroxyl groups is 1. The average Bonchev–Trinajstić information content (AvgIpc) is 2.26. The van der Waals surface area contributed by atoms with Gasteiger partial charge in [-0.15, -0.1) is 0 Å². The highest BCUT2D eigenvalue weighted by Crippen LogP contribution is 2.31. The second-order valence-electron chi connectivity index (χ2n) is 5.84. The van der Waals surface area contributed by atoms with Gasteiger partial charge in [-0.1, -0.05) is 39.0 Å². The van der Waals surface area contributed by atoms with Crippen LogP contribution in [0.25, 0.3) is 0 Å². The Balaban J connectivity index is 2.40. The molecule has 1 aliphatic heterocycles. The van der Waals surface area contributed by atoms with Gasteiger partial charge in [0.25, 0.3) is 0 Å². The predicted octanol–water partition coefficient (Wildman–Crippen LogP) is 2.51. The number of nitrogens with zero attached hydrogens (tertiary/aromatic N) is 1. The molecular weight excluding hydrogens is 230 g/mol. The Morgan fingerprint density at radius 3 is 2.61 bits per heavy atom. The van der Waals surface area contributed by atoms with Crippen molar-refractivity contribution in [2.45, 2.75) is 38.8 Å². The summed E-state index contributed by atoms with van der Waals surface area (Å²) in [5.74, 6) is 0. The Kier molecular flexibility index (Phi) is 3.07. The van der Waals surface area contributed by atoms with Crippen molar-refractivity contribution in [2.24, 2.45) is 0 Å². The number of hydrogen-bond donors (Lipinski definition) is 2. The van der Waals surface area contributed by atoms with Crippen LogP contribution >= 0.6 is 0 Å². The molecule has 0 aliphatic carbocycles. The molecule has 1 aromatic rings. The SMILES string of the molecule is CC(C)(C)c1ccc2c(c1)CN(C(=O)O)CC2O. The quantitative estimate of drug-likeness (QED) is 0.742. The van der Waals surface area contributed by atoms with Crippen molar-refractivity contribution in [1.29, 1.82) is 0 Å². The maximum Gasteiger partial charge on any atom is 0.407 e. The number of rotatable bonds is 0. The molecule has 2 rings (SSSR count). The van der Waals surface area contributed by atoms with Crippen LogP contribution in [0.5, 0.6) is 0 Å². The van der Waals surface area contributed by atoms with Crippen LogP contribution in [0.15, 0.2) is 18.2 Å². The fraction of sp³-hybridized carbons (Fsp3) is 0.500. The number of hydrogen-bond acceptors (Lipinski definition) is 2. The maximum atomic E-state index is 11.0. The van der Waals surface area contributed by atoms with E-state index in [2.05, 4.69) is 20.8 Å². The van der Waals surface area contributed by atoms with E-state index in [1.807, 2.05) is 18.2 Å². The zero-order chi connectivity index (χ0) is 13.5. The van der Waals surface area contributed by atoms with Gasteiger partial charge in [-0.3, -0.25) is 0 Å². The molecule has 0 bridgehead atoms. The molecule has 0 fully saturated rings. The molecule has 4 heteroatoms. The summed E-state index contributed by atoms with van der Waals surface area (Å²) in [6.07, 6.45) is -1.71. The smallest absolute Gasteiger partial charge is 0.407 e. The van der Waals surface area contributed by atoms with Crippen LogP contribution < -0.4 is 0 Å². The second kappa shape index (κ2) is 4.28. The number of fused-ring (bicyclic) bond motifs is 1. The van der Waals surface area contributed by atoms with E-state index >= 15 is 0 Å². The first-order valence-corrected chi connectivity index (χ1v) is 6.08. The number of carbonyl (C=O) groups is 1. The predicted molar refractivity (Wildman–Crippen MR) is 68.5 cm³/mol. The summed E-state index contributed by atoms with van der Waals surface area (Å²) >= 11 is 0. The van der Waals surface area contributed by atoms with Crippen molar-refractivity contribution < 1.29 is 15.0 Å². The highest BCUT2D eigenvalue weighted by atomic mass is 16.4. The van der Waals surface area contributed by atoms with Crippen LogP contribution in [-0.4, -0.2) is 27.8 Å². The molecule has 1 amide bonds. The first kappa shape index (κ1) is 12.9. The lowest BCUT2D eigenvalue weighted by molar-refractivity contribution is 0.0818. The molecule has 1 atom stereocenters.